The average Bonchev–Trinajstić information content (AvgIpc) is 3.71. The van der Waals surface area contributed by atoms with Gasteiger partial charge in [-0.15, -0.1) is 0 Å². The minimum absolute atomic E-state index is 0.113. The topological polar surface area (TPSA) is 161 Å². The summed E-state index contributed by atoms with van der Waals surface area (Å²) in [5.41, 5.74) is 3.13. The van der Waals surface area contributed by atoms with Gasteiger partial charge in [0, 0.05) is 34.6 Å². The summed E-state index contributed by atoms with van der Waals surface area (Å²) < 4.78 is 29.0. The number of esters is 2. The van der Waals surface area contributed by atoms with Crippen LogP contribution in [0.1, 0.15) is 33.5 Å². The van der Waals surface area contributed by atoms with Crippen LogP contribution < -0.4 is 5.32 Å². The van der Waals surface area contributed by atoms with Gasteiger partial charge >= 0.3 is 18.0 Å². The number of H-pyrrole nitrogens is 2. The number of hydrogen-bond acceptors (Lipinski definition) is 9. The van der Waals surface area contributed by atoms with E-state index in [0.717, 1.165) is 22.8 Å². The maximum atomic E-state index is 13.6. The number of aromatic nitrogens is 2. The Morgan fingerprint density at radius 1 is 0.783 bits per heavy atom. The summed E-state index contributed by atoms with van der Waals surface area (Å²) in [5.74, 6) is -1.61. The number of ether oxygens (including phenoxy) is 5. The van der Waals surface area contributed by atoms with Crippen LogP contribution in [0.15, 0.2) is 84.9 Å². The number of anilines is 1. The molecule has 1 aliphatic rings. The number of aliphatic hydroxyl groups excluding tert-OH is 1. The minimum atomic E-state index is -1.46. The van der Waals surface area contributed by atoms with E-state index in [4.69, 9.17) is 23.7 Å². The number of aryl methyl sites for hydroxylation is 1. The third-order valence-corrected chi connectivity index (χ3v) is 7.81. The monoisotopic (exact) mass is 627 g/mol. The fourth-order valence-electron chi connectivity index (χ4n) is 5.50. The van der Waals surface area contributed by atoms with Gasteiger partial charge in [0.05, 0.1) is 6.61 Å². The molecule has 3 aromatic carbocycles. The van der Waals surface area contributed by atoms with Crippen LogP contribution in [0.5, 0.6) is 0 Å². The van der Waals surface area contributed by atoms with E-state index in [9.17, 15) is 19.5 Å². The van der Waals surface area contributed by atoms with Crippen LogP contribution >= 0.6 is 0 Å². The second-order valence-electron chi connectivity index (χ2n) is 10.8. The van der Waals surface area contributed by atoms with E-state index in [0.29, 0.717) is 16.7 Å². The van der Waals surface area contributed by atoms with Gasteiger partial charge in [-0.3, -0.25) is 5.32 Å². The van der Waals surface area contributed by atoms with Crippen molar-refractivity contribution in [3.63, 3.8) is 0 Å². The van der Waals surface area contributed by atoms with Crippen molar-refractivity contribution >= 4 is 45.5 Å². The number of para-hydroxylation sites is 2. The number of amides is 1. The van der Waals surface area contributed by atoms with E-state index in [1.807, 2.05) is 55.5 Å². The van der Waals surface area contributed by atoms with Crippen LogP contribution in [-0.4, -0.2) is 77.5 Å². The lowest BCUT2D eigenvalue weighted by Gasteiger charge is -2.43. The van der Waals surface area contributed by atoms with Crippen LogP contribution in [0.2, 0.25) is 0 Å². The number of aliphatic hydroxyl groups is 1. The van der Waals surface area contributed by atoms with E-state index >= 15 is 0 Å². The van der Waals surface area contributed by atoms with E-state index < -0.39 is 55.3 Å². The molecule has 0 unspecified atom stereocenters. The van der Waals surface area contributed by atoms with Crippen molar-refractivity contribution in [3.05, 3.63) is 102 Å². The lowest BCUT2D eigenvalue weighted by molar-refractivity contribution is -0.291. The predicted octanol–water partition coefficient (Wildman–Crippen LogP) is 4.94. The molecule has 0 bridgehead atoms. The van der Waals surface area contributed by atoms with Crippen LogP contribution in [-0.2, 0) is 30.1 Å². The van der Waals surface area contributed by atoms with E-state index in [2.05, 4.69) is 15.3 Å². The van der Waals surface area contributed by atoms with Crippen LogP contribution in [0, 0.1) is 0 Å². The molecule has 0 radical (unpaired) electrons. The number of aromatic amines is 2. The molecule has 1 saturated heterocycles. The quantitative estimate of drug-likeness (QED) is 0.131. The number of carbonyl (C=O) groups is 3. The van der Waals surface area contributed by atoms with Crippen molar-refractivity contribution in [2.24, 2.45) is 0 Å². The van der Waals surface area contributed by atoms with Crippen molar-refractivity contribution in [1.29, 1.82) is 0 Å². The van der Waals surface area contributed by atoms with Gasteiger partial charge in [-0.2, -0.15) is 0 Å². The Morgan fingerprint density at radius 3 is 1.96 bits per heavy atom. The number of carbonyl (C=O) groups excluding carboxylic acids is 3. The van der Waals surface area contributed by atoms with E-state index in [1.54, 1.807) is 36.4 Å². The maximum absolute atomic E-state index is 13.6. The third-order valence-electron chi connectivity index (χ3n) is 7.81. The van der Waals surface area contributed by atoms with Gasteiger partial charge < -0.3 is 38.8 Å². The summed E-state index contributed by atoms with van der Waals surface area (Å²) in [6, 6.07) is 25.0. The van der Waals surface area contributed by atoms with Gasteiger partial charge in [0.1, 0.15) is 17.5 Å². The molecule has 1 fully saturated rings. The Labute approximate surface area is 263 Å². The van der Waals surface area contributed by atoms with Crippen molar-refractivity contribution in [2.45, 2.75) is 44.1 Å². The highest BCUT2D eigenvalue weighted by Crippen LogP contribution is 2.31. The highest BCUT2D eigenvalue weighted by Gasteiger charge is 2.53. The zero-order valence-electron chi connectivity index (χ0n) is 25.1. The molecule has 0 spiro atoms. The number of rotatable bonds is 9. The number of fused-ring (bicyclic) bond motifs is 2. The smallest absolute Gasteiger partial charge is 0.412 e. The van der Waals surface area contributed by atoms with Crippen LogP contribution in [0.4, 0.5) is 10.5 Å². The molecule has 0 saturated carbocycles. The first-order valence-electron chi connectivity index (χ1n) is 14.8. The summed E-state index contributed by atoms with van der Waals surface area (Å²) in [5, 5.41) is 14.5. The first-order chi connectivity index (χ1) is 22.4. The number of methoxy groups -OCH3 is 1. The molecule has 0 aliphatic carbocycles. The maximum Gasteiger partial charge on any atom is 0.412 e. The molecule has 5 atom stereocenters. The van der Waals surface area contributed by atoms with Crippen LogP contribution in [0.25, 0.3) is 21.8 Å². The Morgan fingerprint density at radius 2 is 1.39 bits per heavy atom. The molecule has 1 aliphatic heterocycles. The Kier molecular flexibility index (Phi) is 9.01. The molecule has 6 rings (SSSR count). The molecule has 46 heavy (non-hydrogen) atoms. The number of nitrogens with one attached hydrogen (secondary N) is 3. The van der Waals surface area contributed by atoms with E-state index in [1.165, 1.54) is 7.11 Å². The highest BCUT2D eigenvalue weighted by molar-refractivity contribution is 5.96. The zero-order valence-corrected chi connectivity index (χ0v) is 25.1. The standard InChI is InChI=1S/C34H33N3O9/c1-3-19-9-8-12-22(15-19)35-34(41)46-28-27(18-38)43-33(42-2)30(45-32(40)26-17-21-11-5-7-14-24(21)37-26)29(28)44-31(39)25-16-20-10-4-6-13-23(20)36-25/h4-17,27-30,33,36-38H,3,18H2,1-2H3,(H,35,41)/t27-,28-,29+,30+,33+/m1/s1. The van der Waals surface area contributed by atoms with Gasteiger partial charge in [-0.1, -0.05) is 55.5 Å². The molecular weight excluding hydrogens is 594 g/mol. The zero-order chi connectivity index (χ0) is 32.2. The lowest BCUT2D eigenvalue weighted by atomic mass is 9.98. The van der Waals surface area contributed by atoms with Gasteiger partial charge in [0.15, 0.2) is 24.6 Å². The summed E-state index contributed by atoms with van der Waals surface area (Å²) in [6.07, 6.45) is -6.95. The van der Waals surface area contributed by atoms with Crippen LogP contribution in [0.3, 0.4) is 0 Å². The van der Waals surface area contributed by atoms with Gasteiger partial charge in [-0.25, -0.2) is 14.4 Å². The second-order valence-corrected chi connectivity index (χ2v) is 10.8. The van der Waals surface area contributed by atoms with Crippen molar-refractivity contribution in [3.8, 4) is 0 Å². The SMILES string of the molecule is CCc1cccc(NC(=O)O[C@H]2[C@H](OC(=O)c3cc4ccccc4[nH]3)[C@H](OC(=O)c3cc4ccccc4[nH]3)[C@@H](OC)O[C@@H]2CO)c1. The summed E-state index contributed by atoms with van der Waals surface area (Å²) >= 11 is 0. The first kappa shape index (κ1) is 30.8. The summed E-state index contributed by atoms with van der Waals surface area (Å²) in [6.45, 7) is 1.35. The summed E-state index contributed by atoms with van der Waals surface area (Å²) in [4.78, 5) is 46.3. The molecule has 3 heterocycles. The van der Waals surface area contributed by atoms with Gasteiger partial charge in [-0.05, 0) is 48.4 Å². The van der Waals surface area contributed by atoms with E-state index in [-0.39, 0.29) is 11.4 Å². The Hall–Kier alpha value is -5.17. The molecule has 4 N–H and O–H groups in total. The minimum Gasteiger partial charge on any atom is -0.449 e. The molecule has 1 amide bonds. The van der Waals surface area contributed by atoms with Gasteiger partial charge in [0.25, 0.3) is 0 Å². The van der Waals surface area contributed by atoms with Crippen molar-refractivity contribution < 1.29 is 43.2 Å². The molecule has 5 aromatic rings. The van der Waals surface area contributed by atoms with Crippen molar-refractivity contribution in [2.75, 3.05) is 19.0 Å². The lowest BCUT2D eigenvalue weighted by Crippen LogP contribution is -2.63. The predicted molar refractivity (Wildman–Crippen MR) is 167 cm³/mol. The van der Waals surface area contributed by atoms with Crippen molar-refractivity contribution in [1.82, 2.24) is 9.97 Å². The fraction of sp³-hybridized carbons (Fsp3) is 0.265. The second kappa shape index (κ2) is 13.4. The first-order valence-corrected chi connectivity index (χ1v) is 14.8. The number of hydrogen-bond donors (Lipinski definition) is 4. The summed E-state index contributed by atoms with van der Waals surface area (Å²) in [7, 11) is 1.31. The third kappa shape index (κ3) is 6.45. The molecule has 12 nitrogen and oxygen atoms in total. The largest absolute Gasteiger partial charge is 0.449 e. The highest BCUT2D eigenvalue weighted by atomic mass is 16.7. The normalized spacial score (nSPS) is 21.2. The molecule has 2 aromatic heterocycles. The average molecular weight is 628 g/mol. The number of benzene rings is 3. The Bertz CT molecular complexity index is 1800. The molecule has 12 heteroatoms. The fourth-order valence-corrected chi connectivity index (χ4v) is 5.50. The molecular formula is C34H33N3O9. The molecule has 238 valence electrons. The Balaban J connectivity index is 1.32. The van der Waals surface area contributed by atoms with Gasteiger partial charge in [0.2, 0.25) is 0 Å².